The quantitative estimate of drug-likeness (QED) is 0.284. The molecule has 218 valence electrons. The average Bonchev–Trinajstić information content (AvgIpc) is 3.02. The van der Waals surface area contributed by atoms with Gasteiger partial charge in [0.25, 0.3) is 0 Å². The second kappa shape index (κ2) is 11.3. The van der Waals surface area contributed by atoms with Crippen LogP contribution < -0.4 is 10.6 Å². The molecule has 2 amide bonds. The Labute approximate surface area is 251 Å². The summed E-state index contributed by atoms with van der Waals surface area (Å²) in [5.41, 5.74) is 1.15. The van der Waals surface area contributed by atoms with Gasteiger partial charge in [-0.25, -0.2) is 0 Å². The summed E-state index contributed by atoms with van der Waals surface area (Å²) >= 11 is 0. The highest BCUT2D eigenvalue weighted by Crippen LogP contribution is 2.43. The van der Waals surface area contributed by atoms with Gasteiger partial charge in [0.1, 0.15) is 13.2 Å². The summed E-state index contributed by atoms with van der Waals surface area (Å²) in [4.78, 5) is 80.9. The first-order chi connectivity index (χ1) is 21.3. The van der Waals surface area contributed by atoms with E-state index in [4.69, 9.17) is 9.47 Å². The number of methoxy groups -OCH3 is 2. The molecule has 0 fully saturated rings. The van der Waals surface area contributed by atoms with Crippen LogP contribution in [0.1, 0.15) is 63.7 Å². The molecule has 44 heavy (non-hydrogen) atoms. The van der Waals surface area contributed by atoms with E-state index >= 15 is 0 Å². The Hall–Kier alpha value is -5.58. The van der Waals surface area contributed by atoms with Crippen molar-refractivity contribution in [3.63, 3.8) is 0 Å². The molecule has 0 radical (unpaired) electrons. The Kier molecular flexibility index (Phi) is 7.30. The Bertz CT molecular complexity index is 1820. The molecule has 0 saturated heterocycles. The third-order valence-electron chi connectivity index (χ3n) is 7.54. The number of fused-ring (bicyclic) bond motifs is 4. The molecule has 4 aromatic carbocycles. The van der Waals surface area contributed by atoms with Crippen LogP contribution in [0.3, 0.4) is 0 Å². The van der Waals surface area contributed by atoms with Gasteiger partial charge in [-0.3, -0.25) is 28.8 Å². The molecule has 0 heterocycles. The van der Waals surface area contributed by atoms with Crippen LogP contribution in [0.2, 0.25) is 0 Å². The van der Waals surface area contributed by atoms with Crippen molar-refractivity contribution in [1.29, 1.82) is 0 Å². The molecule has 0 atom stereocenters. The second-order valence-corrected chi connectivity index (χ2v) is 10.2. The molecule has 0 spiro atoms. The molecular weight excluding hydrogens is 564 g/mol. The predicted octanol–water partition coefficient (Wildman–Crippen LogP) is 4.07. The number of rotatable bonds is 7. The topological polar surface area (TPSA) is 145 Å². The zero-order valence-corrected chi connectivity index (χ0v) is 23.6. The fourth-order valence-corrected chi connectivity index (χ4v) is 5.74. The van der Waals surface area contributed by atoms with E-state index in [0.717, 1.165) is 0 Å². The van der Waals surface area contributed by atoms with Gasteiger partial charge >= 0.3 is 0 Å². The number of ether oxygens (including phenoxy) is 2. The van der Waals surface area contributed by atoms with Crippen molar-refractivity contribution in [2.75, 3.05) is 38.1 Å². The normalized spacial score (nSPS) is 13.0. The molecular formula is C34H24N2O8. The minimum Gasteiger partial charge on any atom is -0.375 e. The molecule has 0 aliphatic heterocycles. The lowest BCUT2D eigenvalue weighted by Crippen LogP contribution is -2.27. The number of carbonyl (C=O) groups is 6. The molecule has 2 N–H and O–H groups in total. The van der Waals surface area contributed by atoms with E-state index in [0.29, 0.717) is 0 Å². The van der Waals surface area contributed by atoms with Crippen molar-refractivity contribution in [2.45, 2.75) is 0 Å². The Morgan fingerprint density at radius 3 is 1.11 bits per heavy atom. The monoisotopic (exact) mass is 588 g/mol. The minimum atomic E-state index is -0.535. The van der Waals surface area contributed by atoms with Crippen molar-refractivity contribution >= 4 is 46.3 Å². The molecule has 2 aliphatic carbocycles. The predicted molar refractivity (Wildman–Crippen MR) is 160 cm³/mol. The molecule has 2 aliphatic rings. The third-order valence-corrected chi connectivity index (χ3v) is 7.54. The van der Waals surface area contributed by atoms with Crippen molar-refractivity contribution in [3.05, 3.63) is 117 Å². The fraction of sp³-hybridized carbons (Fsp3) is 0.118. The highest BCUT2D eigenvalue weighted by molar-refractivity contribution is 6.35. The largest absolute Gasteiger partial charge is 0.375 e. The highest BCUT2D eigenvalue weighted by Gasteiger charge is 2.38. The molecule has 0 bridgehead atoms. The summed E-state index contributed by atoms with van der Waals surface area (Å²) in [6.45, 7) is -0.565. The molecule has 4 aromatic rings. The van der Waals surface area contributed by atoms with Gasteiger partial charge in [0.2, 0.25) is 11.8 Å². The number of benzene rings is 4. The zero-order valence-electron chi connectivity index (χ0n) is 23.6. The van der Waals surface area contributed by atoms with Gasteiger partial charge in [0.05, 0.1) is 22.5 Å². The van der Waals surface area contributed by atoms with Crippen LogP contribution >= 0.6 is 0 Å². The molecule has 10 nitrogen and oxygen atoms in total. The summed E-state index contributed by atoms with van der Waals surface area (Å²) < 4.78 is 9.83. The standard InChI is InChI=1S/C34H24N2O8/c1-43-15-25(37)35-23-13-11-17(27-29(23)33(41)21-9-5-3-7-19(21)31(27)39)18-12-14-24(36-26(38)16-44-2)30-28(18)32(40)20-8-4-6-10-22(20)34(30)42/h3-14H,15-16H2,1-2H3,(H,35,37)(H,36,38). The van der Waals surface area contributed by atoms with E-state index in [1.54, 1.807) is 24.3 Å². The fourth-order valence-electron chi connectivity index (χ4n) is 5.74. The Balaban J connectivity index is 1.63. The lowest BCUT2D eigenvalue weighted by molar-refractivity contribution is -0.120. The Morgan fingerprint density at radius 1 is 0.477 bits per heavy atom. The number of hydrogen-bond acceptors (Lipinski definition) is 8. The van der Waals surface area contributed by atoms with E-state index in [1.807, 2.05) is 0 Å². The van der Waals surface area contributed by atoms with E-state index in [9.17, 15) is 28.8 Å². The smallest absolute Gasteiger partial charge is 0.250 e. The van der Waals surface area contributed by atoms with Gasteiger partial charge in [0, 0.05) is 47.6 Å². The van der Waals surface area contributed by atoms with Crippen molar-refractivity contribution < 1.29 is 38.2 Å². The first kappa shape index (κ1) is 28.5. The van der Waals surface area contributed by atoms with Gasteiger partial charge < -0.3 is 20.1 Å². The van der Waals surface area contributed by atoms with Gasteiger partial charge in [-0.05, 0) is 23.3 Å². The summed E-state index contributed by atoms with van der Waals surface area (Å²) in [5.74, 6) is -3.03. The third kappa shape index (κ3) is 4.53. The number of nitrogens with one attached hydrogen (secondary N) is 2. The maximum absolute atomic E-state index is 14.1. The van der Waals surface area contributed by atoms with Gasteiger partial charge in [-0.15, -0.1) is 0 Å². The lowest BCUT2D eigenvalue weighted by Gasteiger charge is -2.26. The number of anilines is 2. The summed E-state index contributed by atoms with van der Waals surface area (Å²) in [6, 6.07) is 18.7. The molecule has 0 saturated carbocycles. The van der Waals surface area contributed by atoms with Crippen LogP contribution in [-0.4, -0.2) is 62.4 Å². The second-order valence-electron chi connectivity index (χ2n) is 10.2. The lowest BCUT2D eigenvalue weighted by atomic mass is 9.75. The zero-order chi connectivity index (χ0) is 31.1. The summed E-state index contributed by atoms with van der Waals surface area (Å²) in [6.07, 6.45) is 0. The van der Waals surface area contributed by atoms with E-state index in [-0.39, 0.29) is 80.2 Å². The SMILES string of the molecule is COCC(=O)Nc1ccc(-c2ccc(NC(=O)COC)c3c2C(=O)c2ccccc2C3=O)c2c1C(=O)c1ccccc1C2=O. The average molecular weight is 589 g/mol. The Morgan fingerprint density at radius 2 is 0.795 bits per heavy atom. The van der Waals surface area contributed by atoms with Crippen molar-refractivity contribution in [1.82, 2.24) is 0 Å². The van der Waals surface area contributed by atoms with E-state index < -0.39 is 34.9 Å². The molecule has 0 aromatic heterocycles. The number of ketones is 4. The molecule has 6 rings (SSSR count). The van der Waals surface area contributed by atoms with Gasteiger partial charge in [-0.1, -0.05) is 60.7 Å². The first-order valence-electron chi connectivity index (χ1n) is 13.6. The van der Waals surface area contributed by atoms with Crippen molar-refractivity contribution in [2.24, 2.45) is 0 Å². The maximum Gasteiger partial charge on any atom is 0.250 e. The van der Waals surface area contributed by atoms with Crippen LogP contribution in [0.5, 0.6) is 0 Å². The summed E-state index contributed by atoms with van der Waals surface area (Å²) in [7, 11) is 2.70. The summed E-state index contributed by atoms with van der Waals surface area (Å²) in [5, 5.41) is 5.30. The van der Waals surface area contributed by atoms with Crippen LogP contribution in [0, 0.1) is 0 Å². The van der Waals surface area contributed by atoms with Crippen LogP contribution in [-0.2, 0) is 19.1 Å². The minimum absolute atomic E-state index is 0.0265. The highest BCUT2D eigenvalue weighted by atomic mass is 16.5. The first-order valence-corrected chi connectivity index (χ1v) is 13.6. The number of hydrogen-bond donors (Lipinski definition) is 2. The van der Waals surface area contributed by atoms with Crippen LogP contribution in [0.4, 0.5) is 11.4 Å². The van der Waals surface area contributed by atoms with Crippen molar-refractivity contribution in [3.8, 4) is 11.1 Å². The molecule has 0 unspecified atom stereocenters. The van der Waals surface area contributed by atoms with Crippen LogP contribution in [0.15, 0.2) is 72.8 Å². The molecule has 10 heteroatoms. The van der Waals surface area contributed by atoms with E-state index in [1.165, 1.54) is 62.8 Å². The maximum atomic E-state index is 14.1. The van der Waals surface area contributed by atoms with E-state index in [2.05, 4.69) is 10.6 Å². The van der Waals surface area contributed by atoms with Gasteiger partial charge in [-0.2, -0.15) is 0 Å². The van der Waals surface area contributed by atoms with Crippen LogP contribution in [0.25, 0.3) is 11.1 Å². The number of carbonyl (C=O) groups excluding carboxylic acids is 6. The van der Waals surface area contributed by atoms with Gasteiger partial charge in [0.15, 0.2) is 23.1 Å². The number of amides is 2.